The molecule has 0 bridgehead atoms. The van der Waals surface area contributed by atoms with Crippen LogP contribution in [0.5, 0.6) is 0 Å². The fraction of sp³-hybridized carbons (Fsp3) is 0.516. The summed E-state index contributed by atoms with van der Waals surface area (Å²) < 4.78 is 18.9. The van der Waals surface area contributed by atoms with E-state index in [0.29, 0.717) is 6.61 Å². The third-order valence-electron chi connectivity index (χ3n) is 7.76. The summed E-state index contributed by atoms with van der Waals surface area (Å²) in [4.78, 5) is 11.7. The van der Waals surface area contributed by atoms with Crippen LogP contribution < -0.4 is 10.4 Å². The summed E-state index contributed by atoms with van der Waals surface area (Å²) in [6, 6.07) is 21.6. The van der Waals surface area contributed by atoms with Gasteiger partial charge >= 0.3 is 5.97 Å². The van der Waals surface area contributed by atoms with Gasteiger partial charge in [0.05, 0.1) is 18.1 Å². The molecule has 2 fully saturated rings. The molecule has 5 heteroatoms. The molecule has 0 N–H and O–H groups in total. The largest absolute Gasteiger partial charge is 0.462 e. The molecule has 194 valence electrons. The number of hydrogen-bond acceptors (Lipinski definition) is 4. The first-order valence-corrected chi connectivity index (χ1v) is 15.4. The van der Waals surface area contributed by atoms with Crippen molar-refractivity contribution >= 4 is 24.7 Å². The molecule has 0 aliphatic carbocycles. The average Bonchev–Trinajstić information content (AvgIpc) is 3.38. The lowest BCUT2D eigenvalue weighted by Gasteiger charge is -2.43. The molecule has 1 unspecified atom stereocenters. The van der Waals surface area contributed by atoms with Gasteiger partial charge in [0.2, 0.25) is 0 Å². The summed E-state index contributed by atoms with van der Waals surface area (Å²) >= 11 is 0. The zero-order valence-electron chi connectivity index (χ0n) is 22.4. The van der Waals surface area contributed by atoms with Crippen molar-refractivity contribution in [2.75, 3.05) is 6.61 Å². The smallest absolute Gasteiger partial charge is 0.309 e. The second kappa shape index (κ2) is 11.5. The predicted molar refractivity (Wildman–Crippen MR) is 148 cm³/mol. The molecule has 0 spiro atoms. The Morgan fingerprint density at radius 1 is 0.944 bits per heavy atom. The van der Waals surface area contributed by atoms with Gasteiger partial charge in [-0.1, -0.05) is 94.9 Å². The zero-order chi connectivity index (χ0) is 25.8. The first-order chi connectivity index (χ1) is 17.2. The minimum atomic E-state index is -2.49. The second-order valence-corrected chi connectivity index (χ2v) is 15.8. The van der Waals surface area contributed by atoms with Gasteiger partial charge in [0.15, 0.2) is 0 Å². The Labute approximate surface area is 218 Å². The van der Waals surface area contributed by atoms with E-state index in [2.05, 4.69) is 88.0 Å². The van der Waals surface area contributed by atoms with Crippen molar-refractivity contribution in [2.24, 2.45) is 5.92 Å². The van der Waals surface area contributed by atoms with E-state index in [4.69, 9.17) is 13.9 Å². The normalized spacial score (nSPS) is 24.8. The van der Waals surface area contributed by atoms with Gasteiger partial charge in [0.1, 0.15) is 6.10 Å². The van der Waals surface area contributed by atoms with E-state index in [0.717, 1.165) is 38.5 Å². The summed E-state index contributed by atoms with van der Waals surface area (Å²) in [5, 5.41) is 2.62. The van der Waals surface area contributed by atoms with E-state index in [9.17, 15) is 4.79 Å². The van der Waals surface area contributed by atoms with E-state index in [-0.39, 0.29) is 35.2 Å². The topological polar surface area (TPSA) is 44.8 Å². The molecule has 2 saturated heterocycles. The predicted octanol–water partition coefficient (Wildman–Crippen LogP) is 5.79. The summed E-state index contributed by atoms with van der Waals surface area (Å²) in [6.45, 7) is 13.9. The quantitative estimate of drug-likeness (QED) is 0.177. The second-order valence-electron chi connectivity index (χ2n) is 11.5. The molecule has 0 radical (unpaired) electrons. The molecular weight excluding hydrogens is 464 g/mol. The minimum Gasteiger partial charge on any atom is -0.462 e. The Bertz CT molecular complexity index is 974. The van der Waals surface area contributed by atoms with Crippen LogP contribution in [0.2, 0.25) is 5.04 Å². The van der Waals surface area contributed by atoms with Crippen molar-refractivity contribution in [1.82, 2.24) is 0 Å². The third kappa shape index (κ3) is 5.85. The standard InChI is InChI=1S/C31H42O4Si/c1-23-21-25(34-29(23)19-18-26-22-24(2)30(32)35-26)13-12-20-33-36(31(3,4)5,27-14-8-6-9-15-27)28-16-10-7-11-17-28/h6-11,14-17,24-26,29H,1,12-13,18-22H2,2-5H3/t24-,25+,26-,29?/m1/s1. The molecule has 4 rings (SSSR count). The average molecular weight is 507 g/mol. The summed E-state index contributed by atoms with van der Waals surface area (Å²) in [7, 11) is -2.49. The number of hydrogen-bond donors (Lipinski definition) is 0. The number of carbonyl (C=O) groups is 1. The van der Waals surface area contributed by atoms with E-state index in [1.54, 1.807) is 0 Å². The molecule has 2 aliphatic rings. The highest BCUT2D eigenvalue weighted by Gasteiger charge is 2.50. The van der Waals surface area contributed by atoms with Gasteiger partial charge in [-0.3, -0.25) is 4.79 Å². The van der Waals surface area contributed by atoms with Crippen LogP contribution in [0.15, 0.2) is 72.8 Å². The molecule has 2 aromatic carbocycles. The van der Waals surface area contributed by atoms with Gasteiger partial charge in [-0.05, 0) is 59.5 Å². The number of ether oxygens (including phenoxy) is 2. The van der Waals surface area contributed by atoms with Gasteiger partial charge in [-0.25, -0.2) is 0 Å². The number of benzene rings is 2. The van der Waals surface area contributed by atoms with Crippen LogP contribution in [0.25, 0.3) is 0 Å². The van der Waals surface area contributed by atoms with E-state index < -0.39 is 8.32 Å². The Hall–Kier alpha value is -2.21. The van der Waals surface area contributed by atoms with Gasteiger partial charge in [0.25, 0.3) is 8.32 Å². The first-order valence-electron chi connectivity index (χ1n) is 13.5. The van der Waals surface area contributed by atoms with E-state index >= 15 is 0 Å². The summed E-state index contributed by atoms with van der Waals surface area (Å²) in [6.07, 6.45) is 5.66. The Morgan fingerprint density at radius 2 is 1.56 bits per heavy atom. The number of carbonyl (C=O) groups excluding carboxylic acids is 1. The summed E-state index contributed by atoms with van der Waals surface area (Å²) in [5.41, 5.74) is 1.17. The number of rotatable bonds is 10. The molecule has 36 heavy (non-hydrogen) atoms. The molecular formula is C31H42O4Si. The molecule has 0 amide bonds. The minimum absolute atomic E-state index is 0.0138. The Morgan fingerprint density at radius 3 is 2.08 bits per heavy atom. The zero-order valence-corrected chi connectivity index (χ0v) is 23.4. The molecule has 0 aromatic heterocycles. The Kier molecular flexibility index (Phi) is 8.54. The maximum Gasteiger partial charge on any atom is 0.309 e. The highest BCUT2D eigenvalue weighted by Crippen LogP contribution is 2.37. The maximum atomic E-state index is 11.7. The van der Waals surface area contributed by atoms with Crippen molar-refractivity contribution < 1.29 is 18.7 Å². The molecule has 4 atom stereocenters. The van der Waals surface area contributed by atoms with Crippen LogP contribution in [0, 0.1) is 5.92 Å². The monoisotopic (exact) mass is 506 g/mol. The van der Waals surface area contributed by atoms with Gasteiger partial charge in [-0.15, -0.1) is 0 Å². The van der Waals surface area contributed by atoms with Crippen molar-refractivity contribution in [2.45, 2.75) is 89.6 Å². The maximum absolute atomic E-state index is 11.7. The van der Waals surface area contributed by atoms with Crippen molar-refractivity contribution in [3.8, 4) is 0 Å². The summed E-state index contributed by atoms with van der Waals surface area (Å²) in [5.74, 6) is -0.0454. The Balaban J connectivity index is 1.35. The SMILES string of the molecule is C=C1C[C@H](CCCO[Si](c2ccccc2)(c2ccccc2)C(C)(C)C)OC1CC[C@@H]1C[C@@H](C)C(=O)O1. The van der Waals surface area contributed by atoms with Crippen LogP contribution >= 0.6 is 0 Å². The van der Waals surface area contributed by atoms with Gasteiger partial charge in [-0.2, -0.15) is 0 Å². The lowest BCUT2D eigenvalue weighted by atomic mass is 9.99. The molecule has 2 aliphatic heterocycles. The highest BCUT2D eigenvalue weighted by molar-refractivity contribution is 6.99. The van der Waals surface area contributed by atoms with Crippen LogP contribution in [0.4, 0.5) is 0 Å². The third-order valence-corrected chi connectivity index (χ3v) is 12.8. The molecule has 2 heterocycles. The van der Waals surface area contributed by atoms with E-state index in [1.165, 1.54) is 15.9 Å². The van der Waals surface area contributed by atoms with Crippen molar-refractivity contribution in [3.05, 3.63) is 72.8 Å². The first kappa shape index (κ1) is 26.8. The van der Waals surface area contributed by atoms with Gasteiger partial charge < -0.3 is 13.9 Å². The fourth-order valence-electron chi connectivity index (χ4n) is 5.87. The molecule has 0 saturated carbocycles. The fourth-order valence-corrected chi connectivity index (χ4v) is 10.5. The molecule has 2 aromatic rings. The highest BCUT2D eigenvalue weighted by atomic mass is 28.4. The van der Waals surface area contributed by atoms with E-state index in [1.807, 2.05) is 6.92 Å². The van der Waals surface area contributed by atoms with Crippen molar-refractivity contribution in [1.29, 1.82) is 0 Å². The lowest BCUT2D eigenvalue weighted by Crippen LogP contribution is -2.66. The van der Waals surface area contributed by atoms with Crippen LogP contribution in [0.3, 0.4) is 0 Å². The molecule has 4 nitrogen and oxygen atoms in total. The van der Waals surface area contributed by atoms with Crippen molar-refractivity contribution in [3.63, 3.8) is 0 Å². The van der Waals surface area contributed by atoms with Gasteiger partial charge in [0, 0.05) is 6.61 Å². The van der Waals surface area contributed by atoms with Crippen LogP contribution in [-0.2, 0) is 18.7 Å². The van der Waals surface area contributed by atoms with Crippen LogP contribution in [-0.4, -0.2) is 39.2 Å². The number of esters is 1. The van der Waals surface area contributed by atoms with Crippen LogP contribution in [0.1, 0.15) is 66.2 Å². The number of cyclic esters (lactones) is 1. The lowest BCUT2D eigenvalue weighted by molar-refractivity contribution is -0.144.